The Morgan fingerprint density at radius 1 is 0.933 bits per heavy atom. The summed E-state index contributed by atoms with van der Waals surface area (Å²) in [5, 5.41) is 2.05. The topological polar surface area (TPSA) is 0 Å². The highest BCUT2D eigenvalue weighted by Gasteiger charge is 1.98. The number of benzene rings is 1. The maximum Gasteiger partial charge on any atom is 0.0437 e. The molecule has 0 atom stereocenters. The molecule has 0 N–H and O–H groups in total. The second-order valence-corrected chi connectivity index (χ2v) is 5.00. The van der Waals surface area contributed by atoms with E-state index in [9.17, 15) is 0 Å². The summed E-state index contributed by atoms with van der Waals surface area (Å²) in [6.45, 7) is 0. The van der Waals surface area contributed by atoms with E-state index in [4.69, 9.17) is 11.6 Å². The van der Waals surface area contributed by atoms with Crippen molar-refractivity contribution in [1.82, 2.24) is 0 Å². The average Bonchev–Trinajstić information content (AvgIpc) is 2.25. The van der Waals surface area contributed by atoms with Crippen LogP contribution in [0.3, 0.4) is 0 Å². The van der Waals surface area contributed by atoms with Gasteiger partial charge in [-0.3, -0.25) is 0 Å². The Hall–Kier alpha value is -0.0100. The number of unbranched alkanes of at least 4 members (excludes halogenated alkanes) is 4. The molecule has 0 fully saturated rings. The highest BCUT2D eigenvalue weighted by atomic mass is 79.9. The Morgan fingerprint density at radius 3 is 2.33 bits per heavy atom. The van der Waals surface area contributed by atoms with Crippen LogP contribution in [0, 0.1) is 0 Å². The van der Waals surface area contributed by atoms with Gasteiger partial charge in [0.05, 0.1) is 0 Å². The quantitative estimate of drug-likeness (QED) is 0.476. The Labute approximate surface area is 106 Å². The van der Waals surface area contributed by atoms with Crippen LogP contribution in [-0.4, -0.2) is 5.33 Å². The van der Waals surface area contributed by atoms with Gasteiger partial charge in [-0.15, -0.1) is 0 Å². The Balaban J connectivity index is 2.12. The van der Waals surface area contributed by atoms with Gasteiger partial charge in [-0.05, 0) is 30.9 Å². The molecule has 15 heavy (non-hydrogen) atoms. The maximum absolute atomic E-state index is 6.08. The summed E-state index contributed by atoms with van der Waals surface area (Å²) in [4.78, 5) is 0. The average molecular weight is 290 g/mol. The van der Waals surface area contributed by atoms with E-state index in [1.54, 1.807) is 0 Å². The molecule has 1 rings (SSSR count). The minimum Gasteiger partial charge on any atom is -0.0928 e. The SMILES string of the molecule is Clc1ccccc1CCCCCCCBr. The fraction of sp³-hybridized carbons (Fsp3) is 0.538. The lowest BCUT2D eigenvalue weighted by molar-refractivity contribution is 0.635. The van der Waals surface area contributed by atoms with Crippen molar-refractivity contribution in [3.63, 3.8) is 0 Å². The van der Waals surface area contributed by atoms with Gasteiger partial charge in [0.2, 0.25) is 0 Å². The Morgan fingerprint density at radius 2 is 1.60 bits per heavy atom. The van der Waals surface area contributed by atoms with Gasteiger partial charge in [-0.1, -0.05) is 65.0 Å². The van der Waals surface area contributed by atoms with Crippen LogP contribution < -0.4 is 0 Å². The van der Waals surface area contributed by atoms with Crippen LogP contribution in [0.25, 0.3) is 0 Å². The Kier molecular flexibility index (Phi) is 7.12. The van der Waals surface area contributed by atoms with Gasteiger partial charge >= 0.3 is 0 Å². The first-order valence-electron chi connectivity index (χ1n) is 5.64. The molecule has 0 aliphatic rings. The van der Waals surface area contributed by atoms with Crippen molar-refractivity contribution in [3.05, 3.63) is 34.9 Å². The van der Waals surface area contributed by atoms with E-state index >= 15 is 0 Å². The lowest BCUT2D eigenvalue weighted by atomic mass is 10.1. The molecule has 84 valence electrons. The molecule has 0 bridgehead atoms. The fourth-order valence-corrected chi connectivity index (χ4v) is 2.27. The fourth-order valence-electron chi connectivity index (χ4n) is 1.64. The molecule has 0 saturated carbocycles. The molecule has 0 aliphatic heterocycles. The van der Waals surface area contributed by atoms with E-state index < -0.39 is 0 Å². The molecule has 0 amide bonds. The van der Waals surface area contributed by atoms with E-state index in [1.165, 1.54) is 37.7 Å². The standard InChI is InChI=1S/C13H18BrCl/c14-11-7-3-1-2-4-8-12-9-5-6-10-13(12)15/h5-6,9-10H,1-4,7-8,11H2. The summed E-state index contributed by atoms with van der Waals surface area (Å²) >= 11 is 9.53. The third kappa shape index (κ3) is 5.58. The zero-order valence-corrected chi connectivity index (χ0v) is 11.4. The van der Waals surface area contributed by atoms with Crippen molar-refractivity contribution in [1.29, 1.82) is 0 Å². The van der Waals surface area contributed by atoms with Crippen molar-refractivity contribution >= 4 is 27.5 Å². The van der Waals surface area contributed by atoms with Crippen LogP contribution >= 0.6 is 27.5 Å². The number of rotatable bonds is 7. The van der Waals surface area contributed by atoms with Gasteiger partial charge in [-0.2, -0.15) is 0 Å². The third-order valence-corrected chi connectivity index (χ3v) is 3.47. The molecular weight excluding hydrogens is 271 g/mol. The summed E-state index contributed by atoms with van der Waals surface area (Å²) in [6, 6.07) is 8.15. The molecule has 0 saturated heterocycles. The minimum atomic E-state index is 0.915. The third-order valence-electron chi connectivity index (χ3n) is 2.54. The summed E-state index contributed by atoms with van der Waals surface area (Å²) < 4.78 is 0. The Bertz CT molecular complexity index is 273. The molecule has 0 aromatic heterocycles. The van der Waals surface area contributed by atoms with E-state index in [0.29, 0.717) is 0 Å². The molecule has 2 heteroatoms. The summed E-state index contributed by atoms with van der Waals surface area (Å²) in [5.41, 5.74) is 1.29. The van der Waals surface area contributed by atoms with Gasteiger partial charge in [0.15, 0.2) is 0 Å². The first-order chi connectivity index (χ1) is 7.34. The molecule has 1 aromatic rings. The zero-order valence-electron chi connectivity index (χ0n) is 9.02. The number of halogens is 2. The van der Waals surface area contributed by atoms with Crippen LogP contribution in [0.1, 0.15) is 37.7 Å². The number of aryl methyl sites for hydroxylation is 1. The van der Waals surface area contributed by atoms with Crippen molar-refractivity contribution in [2.45, 2.75) is 38.5 Å². The van der Waals surface area contributed by atoms with E-state index in [2.05, 4.69) is 28.1 Å². The summed E-state index contributed by atoms with van der Waals surface area (Å²) in [6.07, 6.45) is 7.67. The van der Waals surface area contributed by atoms with Gasteiger partial charge in [0, 0.05) is 10.4 Å². The summed E-state index contributed by atoms with van der Waals surface area (Å²) in [5.74, 6) is 0. The molecule has 0 aliphatic carbocycles. The second-order valence-electron chi connectivity index (χ2n) is 3.80. The van der Waals surface area contributed by atoms with Gasteiger partial charge < -0.3 is 0 Å². The number of alkyl halides is 1. The monoisotopic (exact) mass is 288 g/mol. The van der Waals surface area contributed by atoms with Crippen molar-refractivity contribution in [3.8, 4) is 0 Å². The van der Waals surface area contributed by atoms with Crippen LogP contribution in [0.5, 0.6) is 0 Å². The zero-order chi connectivity index (χ0) is 10.9. The van der Waals surface area contributed by atoms with Crippen LogP contribution in [0.15, 0.2) is 24.3 Å². The normalized spacial score (nSPS) is 10.5. The largest absolute Gasteiger partial charge is 0.0928 e. The number of hydrogen-bond acceptors (Lipinski definition) is 0. The predicted molar refractivity (Wildman–Crippen MR) is 72.0 cm³/mol. The van der Waals surface area contributed by atoms with Gasteiger partial charge in [-0.25, -0.2) is 0 Å². The predicted octanol–water partition coefficient (Wildman–Crippen LogP) is 5.23. The van der Waals surface area contributed by atoms with Crippen LogP contribution in [0.2, 0.25) is 5.02 Å². The van der Waals surface area contributed by atoms with Crippen molar-refractivity contribution < 1.29 is 0 Å². The highest BCUT2D eigenvalue weighted by Crippen LogP contribution is 2.17. The first-order valence-corrected chi connectivity index (χ1v) is 7.14. The smallest absolute Gasteiger partial charge is 0.0437 e. The van der Waals surface area contributed by atoms with Crippen LogP contribution in [-0.2, 0) is 6.42 Å². The molecule has 0 radical (unpaired) electrons. The first kappa shape index (κ1) is 13.1. The molecule has 0 nitrogen and oxygen atoms in total. The lowest BCUT2D eigenvalue weighted by Crippen LogP contribution is -1.87. The number of hydrogen-bond donors (Lipinski definition) is 0. The molecule has 1 aromatic carbocycles. The van der Waals surface area contributed by atoms with E-state index in [1.807, 2.05) is 12.1 Å². The summed E-state index contributed by atoms with van der Waals surface area (Å²) in [7, 11) is 0. The van der Waals surface area contributed by atoms with E-state index in [-0.39, 0.29) is 0 Å². The molecular formula is C13H18BrCl. The highest BCUT2D eigenvalue weighted by molar-refractivity contribution is 9.09. The van der Waals surface area contributed by atoms with E-state index in [0.717, 1.165) is 16.8 Å². The minimum absolute atomic E-state index is 0.915. The second kappa shape index (κ2) is 8.18. The lowest BCUT2D eigenvalue weighted by Gasteiger charge is -2.03. The molecule has 0 unspecified atom stereocenters. The van der Waals surface area contributed by atoms with Crippen molar-refractivity contribution in [2.75, 3.05) is 5.33 Å². The van der Waals surface area contributed by atoms with Gasteiger partial charge in [0.1, 0.15) is 0 Å². The molecule has 0 heterocycles. The maximum atomic E-state index is 6.08. The molecule has 0 spiro atoms. The van der Waals surface area contributed by atoms with Gasteiger partial charge in [0.25, 0.3) is 0 Å². The van der Waals surface area contributed by atoms with Crippen molar-refractivity contribution in [2.24, 2.45) is 0 Å². The van der Waals surface area contributed by atoms with Crippen LogP contribution in [0.4, 0.5) is 0 Å².